The standard InChI is InChI=1S/C13H25NO4S/c1-13(2,3)10-6-4-5-7-11(10)14-19(17,18)9-8-12(15)16/h10-11,14H,4-9H2,1-3H3,(H,15,16). The van der Waals surface area contributed by atoms with Gasteiger partial charge in [0.1, 0.15) is 0 Å². The molecular weight excluding hydrogens is 266 g/mol. The van der Waals surface area contributed by atoms with E-state index in [2.05, 4.69) is 25.5 Å². The number of hydrogen-bond donors (Lipinski definition) is 2. The molecule has 0 spiro atoms. The summed E-state index contributed by atoms with van der Waals surface area (Å²) in [6.45, 7) is 6.38. The number of rotatable bonds is 5. The maximum Gasteiger partial charge on any atom is 0.304 e. The zero-order valence-electron chi connectivity index (χ0n) is 12.0. The van der Waals surface area contributed by atoms with Crippen LogP contribution in [0.15, 0.2) is 0 Å². The molecule has 0 heterocycles. The quantitative estimate of drug-likeness (QED) is 0.811. The number of nitrogens with one attached hydrogen (secondary N) is 1. The first-order valence-electron chi connectivity index (χ1n) is 6.83. The highest BCUT2D eigenvalue weighted by Gasteiger charge is 2.36. The Morgan fingerprint density at radius 3 is 2.37 bits per heavy atom. The molecule has 1 fully saturated rings. The highest BCUT2D eigenvalue weighted by molar-refractivity contribution is 7.89. The normalized spacial score (nSPS) is 25.2. The number of aliphatic carboxylic acids is 1. The topological polar surface area (TPSA) is 83.5 Å². The Labute approximate surface area is 115 Å². The zero-order valence-corrected chi connectivity index (χ0v) is 12.8. The van der Waals surface area contributed by atoms with E-state index in [1.165, 1.54) is 0 Å². The van der Waals surface area contributed by atoms with Crippen molar-refractivity contribution in [1.29, 1.82) is 0 Å². The molecule has 0 aliphatic heterocycles. The van der Waals surface area contributed by atoms with Crippen molar-refractivity contribution >= 4 is 16.0 Å². The molecule has 0 aromatic rings. The van der Waals surface area contributed by atoms with Crippen LogP contribution in [0.2, 0.25) is 0 Å². The van der Waals surface area contributed by atoms with Gasteiger partial charge in [-0.15, -0.1) is 0 Å². The first kappa shape index (κ1) is 16.4. The Hall–Kier alpha value is -0.620. The Balaban J connectivity index is 2.69. The molecule has 0 aromatic carbocycles. The number of carboxylic acids is 1. The lowest BCUT2D eigenvalue weighted by atomic mass is 9.70. The van der Waals surface area contributed by atoms with Crippen LogP contribution in [0.3, 0.4) is 0 Å². The molecule has 112 valence electrons. The number of sulfonamides is 1. The van der Waals surface area contributed by atoms with Gasteiger partial charge in [0.15, 0.2) is 0 Å². The molecule has 0 aromatic heterocycles. The maximum atomic E-state index is 11.9. The van der Waals surface area contributed by atoms with E-state index in [1.807, 2.05) is 0 Å². The van der Waals surface area contributed by atoms with Crippen molar-refractivity contribution in [3.63, 3.8) is 0 Å². The van der Waals surface area contributed by atoms with Crippen molar-refractivity contribution in [2.45, 2.75) is 58.9 Å². The van der Waals surface area contributed by atoms with Crippen LogP contribution in [0.5, 0.6) is 0 Å². The molecule has 1 rings (SSSR count). The molecule has 0 saturated heterocycles. The molecule has 5 nitrogen and oxygen atoms in total. The molecule has 0 amide bonds. The van der Waals surface area contributed by atoms with Crippen molar-refractivity contribution in [3.8, 4) is 0 Å². The third kappa shape index (κ3) is 5.48. The second-order valence-electron chi connectivity index (χ2n) is 6.44. The summed E-state index contributed by atoms with van der Waals surface area (Å²) in [6.07, 6.45) is 3.68. The summed E-state index contributed by atoms with van der Waals surface area (Å²) in [5.41, 5.74) is 0.0560. The van der Waals surface area contributed by atoms with Crippen LogP contribution in [0, 0.1) is 11.3 Å². The van der Waals surface area contributed by atoms with Gasteiger partial charge in [0.25, 0.3) is 0 Å². The van der Waals surface area contributed by atoms with Gasteiger partial charge in [0.2, 0.25) is 10.0 Å². The van der Waals surface area contributed by atoms with Crippen molar-refractivity contribution in [2.24, 2.45) is 11.3 Å². The molecule has 1 saturated carbocycles. The van der Waals surface area contributed by atoms with Crippen molar-refractivity contribution < 1.29 is 18.3 Å². The minimum atomic E-state index is -3.50. The molecular formula is C13H25NO4S. The van der Waals surface area contributed by atoms with Gasteiger partial charge in [0.05, 0.1) is 12.2 Å². The van der Waals surface area contributed by atoms with E-state index < -0.39 is 16.0 Å². The molecule has 2 unspecified atom stereocenters. The van der Waals surface area contributed by atoms with Gasteiger partial charge < -0.3 is 5.11 Å². The Kier molecular flexibility index (Phi) is 5.38. The predicted octanol–water partition coefficient (Wildman–Crippen LogP) is 1.99. The smallest absolute Gasteiger partial charge is 0.304 e. The fourth-order valence-electron chi connectivity index (χ4n) is 2.82. The largest absolute Gasteiger partial charge is 0.481 e. The van der Waals surface area contributed by atoms with Crippen LogP contribution in [0.25, 0.3) is 0 Å². The Morgan fingerprint density at radius 1 is 1.26 bits per heavy atom. The van der Waals surface area contributed by atoms with Gasteiger partial charge in [-0.05, 0) is 24.2 Å². The number of carboxylic acid groups (broad SMARTS) is 1. The lowest BCUT2D eigenvalue weighted by Crippen LogP contribution is -2.47. The summed E-state index contributed by atoms with van der Waals surface area (Å²) in [5, 5.41) is 8.57. The highest BCUT2D eigenvalue weighted by atomic mass is 32.2. The molecule has 2 atom stereocenters. The summed E-state index contributed by atoms with van der Waals surface area (Å²) in [5.74, 6) is -1.11. The summed E-state index contributed by atoms with van der Waals surface area (Å²) in [6, 6.07) is -0.0625. The summed E-state index contributed by atoms with van der Waals surface area (Å²) in [4.78, 5) is 10.5. The van der Waals surface area contributed by atoms with Crippen molar-refractivity contribution in [2.75, 3.05) is 5.75 Å². The van der Waals surface area contributed by atoms with E-state index in [0.29, 0.717) is 5.92 Å². The summed E-state index contributed by atoms with van der Waals surface area (Å²) in [7, 11) is -3.50. The average molecular weight is 291 g/mol. The third-order valence-corrected chi connectivity index (χ3v) is 5.20. The van der Waals surface area contributed by atoms with Crippen molar-refractivity contribution in [3.05, 3.63) is 0 Å². The third-order valence-electron chi connectivity index (χ3n) is 3.79. The molecule has 1 aliphatic carbocycles. The lowest BCUT2D eigenvalue weighted by Gasteiger charge is -2.40. The number of carbonyl (C=O) groups is 1. The van der Waals surface area contributed by atoms with E-state index in [4.69, 9.17) is 5.11 Å². The monoisotopic (exact) mass is 291 g/mol. The Morgan fingerprint density at radius 2 is 1.84 bits per heavy atom. The number of hydrogen-bond acceptors (Lipinski definition) is 3. The van der Waals surface area contributed by atoms with Crippen LogP contribution in [-0.4, -0.2) is 31.3 Å². The van der Waals surface area contributed by atoms with E-state index in [0.717, 1.165) is 25.7 Å². The minimum absolute atomic E-state index is 0.0560. The fourth-order valence-corrected chi connectivity index (χ4v) is 4.12. The average Bonchev–Trinajstić information content (AvgIpc) is 2.25. The van der Waals surface area contributed by atoms with E-state index >= 15 is 0 Å². The summed E-state index contributed by atoms with van der Waals surface area (Å²) < 4.78 is 26.5. The van der Waals surface area contributed by atoms with Gasteiger partial charge in [-0.25, -0.2) is 13.1 Å². The van der Waals surface area contributed by atoms with Crippen LogP contribution < -0.4 is 4.72 Å². The molecule has 6 heteroatoms. The van der Waals surface area contributed by atoms with Gasteiger partial charge in [-0.1, -0.05) is 33.6 Å². The highest BCUT2D eigenvalue weighted by Crippen LogP contribution is 2.38. The molecule has 2 N–H and O–H groups in total. The molecule has 19 heavy (non-hydrogen) atoms. The molecule has 1 aliphatic rings. The maximum absolute atomic E-state index is 11.9. The second kappa shape index (κ2) is 6.22. The van der Waals surface area contributed by atoms with Crippen LogP contribution in [-0.2, 0) is 14.8 Å². The fraction of sp³-hybridized carbons (Fsp3) is 0.923. The molecule has 0 radical (unpaired) electrons. The molecule has 0 bridgehead atoms. The SMILES string of the molecule is CC(C)(C)C1CCCCC1NS(=O)(=O)CCC(=O)O. The van der Waals surface area contributed by atoms with E-state index in [9.17, 15) is 13.2 Å². The van der Waals surface area contributed by atoms with Gasteiger partial charge in [-0.3, -0.25) is 4.79 Å². The van der Waals surface area contributed by atoms with Crippen LogP contribution in [0.1, 0.15) is 52.9 Å². The first-order valence-corrected chi connectivity index (χ1v) is 8.49. The van der Waals surface area contributed by atoms with Crippen LogP contribution >= 0.6 is 0 Å². The van der Waals surface area contributed by atoms with E-state index in [1.54, 1.807) is 0 Å². The first-order chi connectivity index (χ1) is 8.62. The van der Waals surface area contributed by atoms with Gasteiger partial charge >= 0.3 is 5.97 Å². The minimum Gasteiger partial charge on any atom is -0.481 e. The predicted molar refractivity (Wildman–Crippen MR) is 74.4 cm³/mol. The van der Waals surface area contributed by atoms with E-state index in [-0.39, 0.29) is 23.6 Å². The van der Waals surface area contributed by atoms with Crippen LogP contribution in [0.4, 0.5) is 0 Å². The Bertz CT molecular complexity index is 411. The van der Waals surface area contributed by atoms with Gasteiger partial charge in [0, 0.05) is 6.04 Å². The summed E-state index contributed by atoms with van der Waals surface area (Å²) >= 11 is 0. The zero-order chi connectivity index (χ0) is 14.7. The van der Waals surface area contributed by atoms with Gasteiger partial charge in [-0.2, -0.15) is 0 Å². The lowest BCUT2D eigenvalue weighted by molar-refractivity contribution is -0.136. The van der Waals surface area contributed by atoms with Crippen molar-refractivity contribution in [1.82, 2.24) is 4.72 Å². The second-order valence-corrected chi connectivity index (χ2v) is 8.32.